The van der Waals surface area contributed by atoms with E-state index in [1.165, 1.54) is 6.92 Å². The number of unbranched alkanes of at least 4 members (excludes halogenated alkanes) is 2. The first-order valence-electron chi connectivity index (χ1n) is 8.63. The Bertz CT molecular complexity index is 439. The molecule has 1 aliphatic heterocycles. The molecule has 144 valence electrons. The molecule has 0 aromatic heterocycles. The van der Waals surface area contributed by atoms with Gasteiger partial charge in [-0.2, -0.15) is 0 Å². The minimum atomic E-state index is -3.76. The quantitative estimate of drug-likeness (QED) is 0.349. The summed E-state index contributed by atoms with van der Waals surface area (Å²) in [6.07, 6.45) is 3.33. The predicted octanol–water partition coefficient (Wildman–Crippen LogP) is 5.36. The van der Waals surface area contributed by atoms with Crippen molar-refractivity contribution in [1.29, 1.82) is 0 Å². The van der Waals surface area contributed by atoms with E-state index in [4.69, 9.17) is 22.6 Å². The molecule has 1 atom stereocenters. The van der Waals surface area contributed by atoms with Gasteiger partial charge in [0.25, 0.3) is 0 Å². The largest absolute Gasteiger partial charge is 0.475 e. The molecule has 0 amide bonds. The molecule has 1 aliphatic rings. The highest BCUT2D eigenvalue weighted by Crippen LogP contribution is 2.62. The summed E-state index contributed by atoms with van der Waals surface area (Å²) in [4.78, 5) is 0. The van der Waals surface area contributed by atoms with E-state index in [1.807, 2.05) is 27.7 Å². The molecular weight excluding hydrogens is 354 g/mol. The Morgan fingerprint density at radius 3 is 1.96 bits per heavy atom. The Kier molecular flexibility index (Phi) is 9.12. The van der Waals surface area contributed by atoms with Gasteiger partial charge < -0.3 is 9.05 Å². The first kappa shape index (κ1) is 22.3. The summed E-state index contributed by atoms with van der Waals surface area (Å²) in [6, 6.07) is 0. The van der Waals surface area contributed by atoms with E-state index >= 15 is 0 Å². The van der Waals surface area contributed by atoms with E-state index in [9.17, 15) is 9.13 Å². The van der Waals surface area contributed by atoms with Crippen molar-refractivity contribution in [1.82, 2.24) is 0 Å². The Balaban J connectivity index is 2.70. The Hall–Kier alpha value is 0.260. The van der Waals surface area contributed by atoms with Crippen molar-refractivity contribution < 1.29 is 31.7 Å². The zero-order chi connectivity index (χ0) is 18.3. The van der Waals surface area contributed by atoms with Crippen molar-refractivity contribution in [3.05, 3.63) is 0 Å². The van der Waals surface area contributed by atoms with Gasteiger partial charge >= 0.3 is 15.4 Å². The molecule has 1 heterocycles. The van der Waals surface area contributed by atoms with Crippen LogP contribution < -0.4 is 0 Å². The minimum absolute atomic E-state index is 0.237. The van der Waals surface area contributed by atoms with Crippen LogP contribution in [0.5, 0.6) is 0 Å². The number of phosphoric acid groups is 1. The van der Waals surface area contributed by atoms with Crippen molar-refractivity contribution in [3.8, 4) is 0 Å². The van der Waals surface area contributed by atoms with E-state index in [-0.39, 0.29) is 18.6 Å². The lowest BCUT2D eigenvalue weighted by atomic mass is 9.97. The number of hydrogen-bond donors (Lipinski definition) is 0. The van der Waals surface area contributed by atoms with Crippen LogP contribution in [0.3, 0.4) is 0 Å². The van der Waals surface area contributed by atoms with Crippen molar-refractivity contribution in [2.24, 2.45) is 5.41 Å². The van der Waals surface area contributed by atoms with Gasteiger partial charge in [-0.1, -0.05) is 40.5 Å². The van der Waals surface area contributed by atoms with E-state index in [1.54, 1.807) is 0 Å². The Morgan fingerprint density at radius 1 is 1.08 bits per heavy atom. The summed E-state index contributed by atoms with van der Waals surface area (Å²) in [5.74, 6) is -1.03. The topological polar surface area (TPSA) is 80.3 Å². The summed E-state index contributed by atoms with van der Waals surface area (Å²) in [6.45, 7) is 10.5. The van der Waals surface area contributed by atoms with Crippen LogP contribution in [0.25, 0.3) is 0 Å². The summed E-state index contributed by atoms with van der Waals surface area (Å²) in [5.41, 5.74) is -0.237. The second-order valence-electron chi connectivity index (χ2n) is 6.78. The lowest BCUT2D eigenvalue weighted by Crippen LogP contribution is -2.30. The predicted molar refractivity (Wildman–Crippen MR) is 93.2 cm³/mol. The zero-order valence-electron chi connectivity index (χ0n) is 15.5. The SMILES string of the molecule is CCCCOP(=O)(OCCCC)C(C)OP1(=O)OCC(C)(C)CO1. The Morgan fingerprint density at radius 2 is 1.54 bits per heavy atom. The highest BCUT2D eigenvalue weighted by Gasteiger charge is 2.44. The average Bonchev–Trinajstić information content (AvgIpc) is 2.51. The van der Waals surface area contributed by atoms with Gasteiger partial charge in [0.05, 0.1) is 26.4 Å². The van der Waals surface area contributed by atoms with Gasteiger partial charge in [0.15, 0.2) is 5.85 Å². The molecule has 0 saturated carbocycles. The van der Waals surface area contributed by atoms with E-state index in [0.717, 1.165) is 25.7 Å². The fraction of sp³-hybridized carbons (Fsp3) is 1.00. The summed E-state index contributed by atoms with van der Waals surface area (Å²) < 4.78 is 52.5. The molecule has 0 N–H and O–H groups in total. The molecule has 1 saturated heterocycles. The highest BCUT2D eigenvalue weighted by atomic mass is 31.2. The van der Waals surface area contributed by atoms with Crippen LogP contribution in [-0.2, 0) is 31.7 Å². The standard InChI is InChI=1S/C15H32O7P2/c1-6-8-10-18-23(16,19-11-9-7-2)14(3)22-24(17)20-12-15(4,5)13-21-24/h14H,6-13H2,1-5H3. The van der Waals surface area contributed by atoms with E-state index in [0.29, 0.717) is 13.2 Å². The van der Waals surface area contributed by atoms with Gasteiger partial charge in [0, 0.05) is 5.41 Å². The lowest BCUT2D eigenvalue weighted by molar-refractivity contribution is -0.00480. The molecule has 0 aromatic rings. The maximum absolute atomic E-state index is 13.0. The van der Waals surface area contributed by atoms with Crippen LogP contribution in [0, 0.1) is 5.41 Å². The summed E-state index contributed by atoms with van der Waals surface area (Å²) in [5, 5.41) is 0. The van der Waals surface area contributed by atoms with Gasteiger partial charge in [-0.05, 0) is 19.8 Å². The molecule has 1 fully saturated rings. The van der Waals surface area contributed by atoms with Crippen molar-refractivity contribution in [3.63, 3.8) is 0 Å². The monoisotopic (exact) mass is 386 g/mol. The van der Waals surface area contributed by atoms with Gasteiger partial charge in [-0.15, -0.1) is 0 Å². The molecule has 0 spiro atoms. The van der Waals surface area contributed by atoms with Gasteiger partial charge in [0.2, 0.25) is 0 Å². The first-order chi connectivity index (χ1) is 11.2. The average molecular weight is 386 g/mol. The second kappa shape index (κ2) is 9.82. The van der Waals surface area contributed by atoms with Crippen LogP contribution in [0.15, 0.2) is 0 Å². The highest BCUT2D eigenvalue weighted by molar-refractivity contribution is 7.55. The molecule has 0 aliphatic carbocycles. The molecular formula is C15H32O7P2. The lowest BCUT2D eigenvalue weighted by Gasteiger charge is -2.35. The number of hydrogen-bond acceptors (Lipinski definition) is 7. The van der Waals surface area contributed by atoms with Gasteiger partial charge in [-0.3, -0.25) is 18.1 Å². The van der Waals surface area contributed by atoms with Crippen molar-refractivity contribution in [2.75, 3.05) is 26.4 Å². The molecule has 0 radical (unpaired) electrons. The van der Waals surface area contributed by atoms with Gasteiger partial charge in [-0.25, -0.2) is 4.57 Å². The van der Waals surface area contributed by atoms with Crippen LogP contribution in [0.1, 0.15) is 60.3 Å². The first-order valence-corrected chi connectivity index (χ1v) is 11.7. The molecule has 0 aromatic carbocycles. The third-order valence-corrected chi connectivity index (χ3v) is 7.20. The fourth-order valence-electron chi connectivity index (χ4n) is 1.81. The maximum Gasteiger partial charge on any atom is 0.475 e. The summed E-state index contributed by atoms with van der Waals surface area (Å²) >= 11 is 0. The van der Waals surface area contributed by atoms with Crippen LogP contribution in [0.4, 0.5) is 0 Å². The van der Waals surface area contributed by atoms with E-state index < -0.39 is 21.3 Å². The van der Waals surface area contributed by atoms with Crippen LogP contribution >= 0.6 is 15.4 Å². The molecule has 0 bridgehead atoms. The normalized spacial score (nSPS) is 21.5. The molecule has 1 unspecified atom stereocenters. The smallest absolute Gasteiger partial charge is 0.307 e. The third-order valence-electron chi connectivity index (χ3n) is 3.49. The molecule has 1 rings (SSSR count). The van der Waals surface area contributed by atoms with E-state index in [2.05, 4.69) is 0 Å². The second-order valence-corrected chi connectivity index (χ2v) is 10.7. The van der Waals surface area contributed by atoms with Crippen LogP contribution in [0.2, 0.25) is 0 Å². The zero-order valence-corrected chi connectivity index (χ0v) is 17.3. The maximum atomic E-state index is 13.0. The Labute approximate surface area is 145 Å². The van der Waals surface area contributed by atoms with Gasteiger partial charge in [0.1, 0.15) is 0 Å². The molecule has 9 heteroatoms. The third kappa shape index (κ3) is 7.25. The molecule has 7 nitrogen and oxygen atoms in total. The number of phosphoric ester groups is 1. The summed E-state index contributed by atoms with van der Waals surface area (Å²) in [7, 11) is -7.32. The van der Waals surface area contributed by atoms with Crippen molar-refractivity contribution in [2.45, 2.75) is 66.1 Å². The number of rotatable bonds is 11. The fourth-order valence-corrected chi connectivity index (χ4v) is 5.47. The van der Waals surface area contributed by atoms with Crippen LogP contribution in [-0.4, -0.2) is 32.3 Å². The molecule has 24 heavy (non-hydrogen) atoms. The minimum Gasteiger partial charge on any atom is -0.307 e. The van der Waals surface area contributed by atoms with Crippen molar-refractivity contribution >= 4 is 15.4 Å².